The molecule has 0 saturated heterocycles. The first-order valence-electron chi connectivity index (χ1n) is 5.90. The summed E-state index contributed by atoms with van der Waals surface area (Å²) in [6.07, 6.45) is 1.82. The summed E-state index contributed by atoms with van der Waals surface area (Å²) in [6.45, 7) is 2.63. The molecule has 0 aliphatic rings. The molecule has 6 heteroatoms. The highest BCUT2D eigenvalue weighted by molar-refractivity contribution is 7.92. The Balaban J connectivity index is 2.34. The molecule has 1 aromatic heterocycles. The molecule has 5 nitrogen and oxygen atoms in total. The molecule has 19 heavy (non-hydrogen) atoms. The Morgan fingerprint density at radius 1 is 1.16 bits per heavy atom. The molecule has 0 radical (unpaired) electrons. The first-order chi connectivity index (χ1) is 9.03. The Bertz CT molecular complexity index is 667. The van der Waals surface area contributed by atoms with Gasteiger partial charge in [-0.1, -0.05) is 6.07 Å². The number of aryl methyl sites for hydroxylation is 1. The van der Waals surface area contributed by atoms with Crippen molar-refractivity contribution in [2.75, 3.05) is 10.5 Å². The number of sulfonamides is 1. The van der Waals surface area contributed by atoms with Crippen LogP contribution in [0.1, 0.15) is 6.92 Å². The number of aromatic nitrogens is 1. The van der Waals surface area contributed by atoms with Gasteiger partial charge in [0.15, 0.2) is 0 Å². The molecule has 0 aliphatic heterocycles. The van der Waals surface area contributed by atoms with Gasteiger partial charge in [0, 0.05) is 11.8 Å². The molecule has 3 N–H and O–H groups in total. The third-order valence-corrected chi connectivity index (χ3v) is 4.08. The van der Waals surface area contributed by atoms with Crippen molar-refractivity contribution in [3.8, 4) is 0 Å². The number of benzene rings is 1. The van der Waals surface area contributed by atoms with Crippen molar-refractivity contribution >= 4 is 21.5 Å². The van der Waals surface area contributed by atoms with E-state index in [0.29, 0.717) is 18.1 Å². The molecule has 0 spiro atoms. The molecular formula is C13H16N3O2S+. The van der Waals surface area contributed by atoms with Gasteiger partial charge in [0.1, 0.15) is 4.90 Å². The predicted molar refractivity (Wildman–Crippen MR) is 74.0 cm³/mol. The van der Waals surface area contributed by atoms with Gasteiger partial charge in [-0.15, -0.1) is 0 Å². The van der Waals surface area contributed by atoms with E-state index in [9.17, 15) is 8.42 Å². The molecule has 1 heterocycles. The van der Waals surface area contributed by atoms with Crippen LogP contribution in [0.3, 0.4) is 0 Å². The molecule has 1 aromatic carbocycles. The fourth-order valence-corrected chi connectivity index (χ4v) is 2.76. The average Bonchev–Trinajstić information content (AvgIpc) is 2.39. The van der Waals surface area contributed by atoms with Crippen molar-refractivity contribution < 1.29 is 13.0 Å². The van der Waals surface area contributed by atoms with Gasteiger partial charge in [-0.2, -0.15) is 13.1 Å². The van der Waals surface area contributed by atoms with Crippen LogP contribution in [0.15, 0.2) is 53.6 Å². The van der Waals surface area contributed by atoms with Crippen molar-refractivity contribution in [1.82, 2.24) is 0 Å². The highest BCUT2D eigenvalue weighted by atomic mass is 32.2. The Morgan fingerprint density at radius 2 is 1.84 bits per heavy atom. The molecule has 0 aliphatic carbocycles. The second-order valence-electron chi connectivity index (χ2n) is 4.05. The van der Waals surface area contributed by atoms with E-state index in [1.54, 1.807) is 24.3 Å². The van der Waals surface area contributed by atoms with Crippen molar-refractivity contribution in [3.05, 3.63) is 48.7 Å². The van der Waals surface area contributed by atoms with E-state index in [-0.39, 0.29) is 4.90 Å². The second kappa shape index (κ2) is 5.27. The zero-order chi connectivity index (χ0) is 13.9. The lowest BCUT2D eigenvalue weighted by atomic mass is 10.3. The van der Waals surface area contributed by atoms with Crippen LogP contribution in [0.25, 0.3) is 0 Å². The largest absolute Gasteiger partial charge is 0.399 e. The number of pyridine rings is 1. The summed E-state index contributed by atoms with van der Waals surface area (Å²) in [4.78, 5) is 0.188. The van der Waals surface area contributed by atoms with Gasteiger partial charge in [0.25, 0.3) is 5.82 Å². The van der Waals surface area contributed by atoms with Crippen molar-refractivity contribution in [2.24, 2.45) is 0 Å². The molecule has 0 unspecified atom stereocenters. The third kappa shape index (κ3) is 3.03. The topological polar surface area (TPSA) is 76.1 Å². The smallest absolute Gasteiger partial charge is 0.328 e. The number of nitrogen functional groups attached to an aromatic ring is 1. The molecular weight excluding hydrogens is 262 g/mol. The van der Waals surface area contributed by atoms with Gasteiger partial charge >= 0.3 is 10.0 Å². The van der Waals surface area contributed by atoms with Gasteiger partial charge < -0.3 is 5.73 Å². The molecule has 0 bridgehead atoms. The van der Waals surface area contributed by atoms with E-state index in [4.69, 9.17) is 5.73 Å². The number of anilines is 2. The van der Waals surface area contributed by atoms with E-state index in [1.807, 2.05) is 23.8 Å². The third-order valence-electron chi connectivity index (χ3n) is 2.71. The Morgan fingerprint density at radius 3 is 2.47 bits per heavy atom. The quantitative estimate of drug-likeness (QED) is 0.655. The SMILES string of the molecule is CC[n+]1ccccc1NS(=O)(=O)c1ccc(N)cc1. The summed E-state index contributed by atoms with van der Waals surface area (Å²) >= 11 is 0. The number of rotatable bonds is 4. The number of hydrogen-bond donors (Lipinski definition) is 2. The molecule has 0 atom stereocenters. The molecule has 2 aromatic rings. The summed E-state index contributed by atoms with van der Waals surface area (Å²) < 4.78 is 28.8. The van der Waals surface area contributed by atoms with E-state index < -0.39 is 10.0 Å². The summed E-state index contributed by atoms with van der Waals surface area (Å²) in [5.74, 6) is 0.529. The molecule has 0 amide bonds. The van der Waals surface area contributed by atoms with E-state index >= 15 is 0 Å². The number of nitrogens with two attached hydrogens (primary N) is 1. The van der Waals surface area contributed by atoms with Gasteiger partial charge in [-0.05, 0) is 37.3 Å². The van der Waals surface area contributed by atoms with Crippen molar-refractivity contribution in [1.29, 1.82) is 0 Å². The van der Waals surface area contributed by atoms with Crippen molar-refractivity contribution in [2.45, 2.75) is 18.4 Å². The first-order valence-corrected chi connectivity index (χ1v) is 7.38. The van der Waals surface area contributed by atoms with Crippen LogP contribution >= 0.6 is 0 Å². The van der Waals surface area contributed by atoms with Crippen LogP contribution in [0.2, 0.25) is 0 Å². The van der Waals surface area contributed by atoms with Gasteiger partial charge in [0.05, 0.1) is 12.7 Å². The van der Waals surface area contributed by atoms with E-state index in [0.717, 1.165) is 0 Å². The lowest BCUT2D eigenvalue weighted by Gasteiger charge is -2.05. The lowest BCUT2D eigenvalue weighted by Crippen LogP contribution is -2.36. The maximum atomic E-state index is 12.2. The van der Waals surface area contributed by atoms with Crippen LogP contribution in [-0.2, 0) is 16.6 Å². The van der Waals surface area contributed by atoms with Crippen LogP contribution < -0.4 is 15.0 Å². The van der Waals surface area contributed by atoms with Crippen LogP contribution in [0.4, 0.5) is 11.5 Å². The van der Waals surface area contributed by atoms with Gasteiger partial charge in [0.2, 0.25) is 0 Å². The number of nitrogens with one attached hydrogen (secondary N) is 1. The lowest BCUT2D eigenvalue weighted by molar-refractivity contribution is -0.679. The fraction of sp³-hybridized carbons (Fsp3) is 0.154. The minimum absolute atomic E-state index is 0.188. The normalized spacial score (nSPS) is 11.2. The molecule has 100 valence electrons. The highest BCUT2D eigenvalue weighted by Gasteiger charge is 2.21. The molecule has 2 rings (SSSR count). The van der Waals surface area contributed by atoms with E-state index in [2.05, 4.69) is 4.72 Å². The summed E-state index contributed by atoms with van der Waals surface area (Å²) in [5.41, 5.74) is 6.08. The monoisotopic (exact) mass is 278 g/mol. The molecule has 0 saturated carbocycles. The van der Waals surface area contributed by atoms with Crippen LogP contribution in [0.5, 0.6) is 0 Å². The minimum atomic E-state index is -3.59. The number of nitrogens with zero attached hydrogens (tertiary/aromatic N) is 1. The zero-order valence-electron chi connectivity index (χ0n) is 10.6. The van der Waals surface area contributed by atoms with Crippen LogP contribution in [-0.4, -0.2) is 8.42 Å². The van der Waals surface area contributed by atoms with Gasteiger partial charge in [-0.25, -0.2) is 4.57 Å². The van der Waals surface area contributed by atoms with Crippen molar-refractivity contribution in [3.63, 3.8) is 0 Å². The summed E-state index contributed by atoms with van der Waals surface area (Å²) in [6, 6.07) is 11.4. The van der Waals surface area contributed by atoms with Gasteiger partial charge in [-0.3, -0.25) is 0 Å². The fourth-order valence-electron chi connectivity index (χ4n) is 1.69. The second-order valence-corrected chi connectivity index (χ2v) is 5.73. The Hall–Kier alpha value is -2.08. The summed E-state index contributed by atoms with van der Waals surface area (Å²) in [7, 11) is -3.59. The van der Waals surface area contributed by atoms with Crippen LogP contribution in [0, 0.1) is 0 Å². The van der Waals surface area contributed by atoms with E-state index in [1.165, 1.54) is 12.1 Å². The number of hydrogen-bond acceptors (Lipinski definition) is 3. The zero-order valence-corrected chi connectivity index (χ0v) is 11.4. The summed E-state index contributed by atoms with van der Waals surface area (Å²) in [5, 5.41) is 0. The Kier molecular flexibility index (Phi) is 3.71. The average molecular weight is 278 g/mol. The standard InChI is InChI=1S/C13H15N3O2S/c1-2-16-10-4-3-5-13(16)15-19(17,18)12-8-6-11(14)7-9-12/h3-10H,2,14H2,1H3/p+1. The maximum absolute atomic E-state index is 12.2. The molecule has 0 fully saturated rings. The first kappa shape index (κ1) is 13.4. The Labute approximate surface area is 112 Å². The maximum Gasteiger partial charge on any atom is 0.328 e. The minimum Gasteiger partial charge on any atom is -0.399 e. The predicted octanol–water partition coefficient (Wildman–Crippen LogP) is 1.38. The highest BCUT2D eigenvalue weighted by Crippen LogP contribution is 2.14.